The van der Waals surface area contributed by atoms with Crippen LogP contribution >= 0.6 is 7.41 Å². The second-order valence-corrected chi connectivity index (χ2v) is 16.7. The van der Waals surface area contributed by atoms with Crippen molar-refractivity contribution in [1.82, 2.24) is 0 Å². The fourth-order valence-electron chi connectivity index (χ4n) is 7.20. The van der Waals surface area contributed by atoms with E-state index in [9.17, 15) is 0 Å². The van der Waals surface area contributed by atoms with E-state index in [0.717, 1.165) is 12.8 Å². The summed E-state index contributed by atoms with van der Waals surface area (Å²) in [7, 11) is -2.08. The summed E-state index contributed by atoms with van der Waals surface area (Å²) in [5.74, 6) is 0. The lowest BCUT2D eigenvalue weighted by Crippen LogP contribution is -2.38. The number of benzene rings is 3. The minimum atomic E-state index is -2.08. The van der Waals surface area contributed by atoms with Crippen molar-refractivity contribution >= 4 is 18.0 Å². The van der Waals surface area contributed by atoms with Crippen molar-refractivity contribution in [2.45, 2.75) is 148 Å². The van der Waals surface area contributed by atoms with Crippen LogP contribution in [0.2, 0.25) is 0 Å². The van der Waals surface area contributed by atoms with Crippen molar-refractivity contribution in [2.24, 2.45) is 5.50 Å². The molecule has 0 spiro atoms. The van der Waals surface area contributed by atoms with E-state index >= 15 is 0 Å². The predicted octanol–water partition coefficient (Wildman–Crippen LogP) is 11.1. The Morgan fingerprint density at radius 3 is 1.33 bits per heavy atom. The van der Waals surface area contributed by atoms with E-state index in [4.69, 9.17) is 5.50 Å². The molecule has 0 bridgehead atoms. The molecule has 0 atom stereocenters. The van der Waals surface area contributed by atoms with E-state index in [-0.39, 0.29) is 0 Å². The quantitative estimate of drug-likeness (QED) is 0.0958. The van der Waals surface area contributed by atoms with Gasteiger partial charge < -0.3 is 0 Å². The molecule has 0 saturated carbocycles. The predicted molar refractivity (Wildman–Crippen MR) is 194 cm³/mol. The van der Waals surface area contributed by atoms with Crippen LogP contribution in [-0.2, 0) is 25.7 Å². The van der Waals surface area contributed by atoms with Crippen LogP contribution in [0.3, 0.4) is 0 Å². The molecule has 0 heterocycles. The highest BCUT2D eigenvalue weighted by Crippen LogP contribution is 2.57. The Kier molecular flexibility index (Phi) is 14.8. The first-order valence-corrected chi connectivity index (χ1v) is 20.0. The molecule has 43 heavy (non-hydrogen) atoms. The normalized spacial score (nSPS) is 13.5. The van der Waals surface area contributed by atoms with Gasteiger partial charge in [-0.05, 0) is 72.2 Å². The summed E-state index contributed by atoms with van der Waals surface area (Å²) in [6.45, 7) is 4.60. The molecule has 234 valence electrons. The van der Waals surface area contributed by atoms with Crippen molar-refractivity contribution in [3.8, 4) is 0 Å². The number of nitrogens with two attached hydrogens (primary N) is 1. The van der Waals surface area contributed by atoms with Gasteiger partial charge in [0.25, 0.3) is 0 Å². The third-order valence-electron chi connectivity index (χ3n) is 9.92. The third-order valence-corrected chi connectivity index (χ3v) is 13.7. The lowest BCUT2D eigenvalue weighted by Gasteiger charge is -2.29. The highest BCUT2D eigenvalue weighted by Gasteiger charge is 2.49. The van der Waals surface area contributed by atoms with Gasteiger partial charge in [0.05, 0.1) is 0 Å². The smallest absolute Gasteiger partial charge is 0.146 e. The summed E-state index contributed by atoms with van der Waals surface area (Å²) < 4.78 is 0. The molecule has 0 amide bonds. The van der Waals surface area contributed by atoms with Gasteiger partial charge in [0.15, 0.2) is 0 Å². The van der Waals surface area contributed by atoms with Gasteiger partial charge in [0, 0.05) is 12.8 Å². The average Bonchev–Trinajstić information content (AvgIpc) is 3.48. The van der Waals surface area contributed by atoms with Crippen molar-refractivity contribution in [3.63, 3.8) is 0 Å². The standard InChI is InChI=1S/C41H61NP/c1-3-5-7-9-11-13-15-17-23-35-25-21-29-39(31-35)43(42,41-33-37-27-19-20-28-38(37)34-41)40-30-22-26-36(32-40)24-18-16-14-12-10-8-6-4-2/h19-22,25-32,41H,3-18,23-24,33-34,42H2,1-2H3/q+1. The summed E-state index contributed by atoms with van der Waals surface area (Å²) in [6, 6.07) is 28.1. The monoisotopic (exact) mass is 598 g/mol. The van der Waals surface area contributed by atoms with Crippen LogP contribution in [0, 0.1) is 0 Å². The summed E-state index contributed by atoms with van der Waals surface area (Å²) in [5.41, 5.74) is 14.3. The van der Waals surface area contributed by atoms with Crippen LogP contribution < -0.4 is 16.1 Å². The second kappa shape index (κ2) is 18.8. The van der Waals surface area contributed by atoms with Gasteiger partial charge in [-0.3, -0.25) is 0 Å². The van der Waals surface area contributed by atoms with Crippen LogP contribution in [0.1, 0.15) is 139 Å². The summed E-state index contributed by atoms with van der Waals surface area (Å²) in [4.78, 5) is 0. The van der Waals surface area contributed by atoms with Gasteiger partial charge in [-0.2, -0.15) is 5.50 Å². The molecule has 3 aromatic rings. The van der Waals surface area contributed by atoms with E-state index < -0.39 is 7.41 Å². The minimum absolute atomic E-state index is 0.474. The topological polar surface area (TPSA) is 26.0 Å². The van der Waals surface area contributed by atoms with E-state index in [1.54, 1.807) is 0 Å². The largest absolute Gasteiger partial charge is 0.195 e. The van der Waals surface area contributed by atoms with Crippen molar-refractivity contribution in [2.75, 3.05) is 0 Å². The zero-order chi connectivity index (χ0) is 30.2. The van der Waals surface area contributed by atoms with Crippen LogP contribution in [0.4, 0.5) is 0 Å². The molecule has 0 radical (unpaired) electrons. The maximum atomic E-state index is 7.84. The molecule has 2 N–H and O–H groups in total. The zero-order valence-electron chi connectivity index (χ0n) is 27.7. The molecule has 3 aromatic carbocycles. The average molecular weight is 599 g/mol. The molecule has 0 unspecified atom stereocenters. The molecule has 0 aromatic heterocycles. The Bertz CT molecular complexity index is 1110. The first-order chi connectivity index (χ1) is 21.1. The van der Waals surface area contributed by atoms with Crippen LogP contribution in [0.5, 0.6) is 0 Å². The highest BCUT2D eigenvalue weighted by atomic mass is 31.2. The van der Waals surface area contributed by atoms with E-state index in [0.29, 0.717) is 5.66 Å². The second-order valence-electron chi connectivity index (χ2n) is 13.4. The molecule has 1 aliphatic carbocycles. The van der Waals surface area contributed by atoms with Gasteiger partial charge in [-0.25, -0.2) is 0 Å². The van der Waals surface area contributed by atoms with Gasteiger partial charge in [0.2, 0.25) is 0 Å². The van der Waals surface area contributed by atoms with Crippen molar-refractivity contribution in [3.05, 3.63) is 95.1 Å². The molecule has 1 nitrogen and oxygen atoms in total. The first kappa shape index (κ1) is 33.9. The van der Waals surface area contributed by atoms with Gasteiger partial charge in [0.1, 0.15) is 23.7 Å². The summed E-state index contributed by atoms with van der Waals surface area (Å²) in [6.07, 6.45) is 26.5. The molecular formula is C41H61NP+. The maximum absolute atomic E-state index is 7.84. The minimum Gasteiger partial charge on any atom is -0.195 e. The Hall–Kier alpha value is -1.95. The maximum Gasteiger partial charge on any atom is 0.146 e. The van der Waals surface area contributed by atoms with Crippen LogP contribution in [0.25, 0.3) is 0 Å². The highest BCUT2D eigenvalue weighted by molar-refractivity contribution is 7.88. The molecular weight excluding hydrogens is 537 g/mol. The SMILES string of the molecule is CCCCCCCCCCc1cccc([P+](N)(c2cccc(CCCCCCCCCC)c2)C2Cc3ccccc3C2)c1. The molecule has 0 aliphatic heterocycles. The van der Waals surface area contributed by atoms with Gasteiger partial charge in [-0.15, -0.1) is 0 Å². The molecule has 0 fully saturated rings. The molecule has 4 rings (SSSR count). The summed E-state index contributed by atoms with van der Waals surface area (Å²) >= 11 is 0. The van der Waals surface area contributed by atoms with E-state index in [2.05, 4.69) is 86.6 Å². The number of hydrogen-bond donors (Lipinski definition) is 1. The summed E-state index contributed by atoms with van der Waals surface area (Å²) in [5, 5.41) is 2.82. The number of hydrogen-bond acceptors (Lipinski definition) is 1. The number of rotatable bonds is 21. The Morgan fingerprint density at radius 2 is 0.907 bits per heavy atom. The molecule has 2 heteroatoms. The van der Waals surface area contributed by atoms with Gasteiger partial charge >= 0.3 is 0 Å². The first-order valence-electron chi connectivity index (χ1n) is 18.1. The number of fused-ring (bicyclic) bond motifs is 1. The van der Waals surface area contributed by atoms with Crippen molar-refractivity contribution < 1.29 is 0 Å². The third kappa shape index (κ3) is 10.3. The fraction of sp³-hybridized carbons (Fsp3) is 0.561. The van der Waals surface area contributed by atoms with Gasteiger partial charge in [-0.1, -0.05) is 152 Å². The number of aryl methyl sites for hydroxylation is 2. The Balaban J connectivity index is 1.44. The van der Waals surface area contributed by atoms with E-state index in [1.165, 1.54) is 148 Å². The van der Waals surface area contributed by atoms with E-state index in [1.807, 2.05) is 0 Å². The van der Waals surface area contributed by atoms with Crippen LogP contribution in [0.15, 0.2) is 72.8 Å². The Labute approximate surface area is 265 Å². The zero-order valence-corrected chi connectivity index (χ0v) is 28.6. The van der Waals surface area contributed by atoms with Crippen molar-refractivity contribution in [1.29, 1.82) is 0 Å². The fourth-order valence-corrected chi connectivity index (χ4v) is 10.7. The number of unbranched alkanes of at least 4 members (excludes halogenated alkanes) is 14. The lowest BCUT2D eigenvalue weighted by atomic mass is 10.0. The Morgan fingerprint density at radius 1 is 0.512 bits per heavy atom. The molecule has 0 saturated heterocycles. The van der Waals surface area contributed by atoms with Crippen LogP contribution in [-0.4, -0.2) is 5.66 Å². The molecule has 1 aliphatic rings. The lowest BCUT2D eigenvalue weighted by molar-refractivity contribution is 0.575.